The van der Waals surface area contributed by atoms with Crippen LogP contribution in [0.3, 0.4) is 0 Å². The zero-order valence-corrected chi connectivity index (χ0v) is 12.7. The highest BCUT2D eigenvalue weighted by molar-refractivity contribution is 7.99. The Morgan fingerprint density at radius 2 is 2.20 bits per heavy atom. The summed E-state index contributed by atoms with van der Waals surface area (Å²) in [6.45, 7) is 2.07. The average molecular weight is 287 g/mol. The number of amidine groups is 1. The molecule has 20 heavy (non-hydrogen) atoms. The summed E-state index contributed by atoms with van der Waals surface area (Å²) in [5.41, 5.74) is 1.22. The molecule has 3 rings (SSSR count). The minimum atomic E-state index is 0.907. The summed E-state index contributed by atoms with van der Waals surface area (Å²) in [6.07, 6.45) is 5.85. The standard InChI is InChI=1S/C16H21N3S/c1-19-10-5-4-8-16(19)17-9-11-20-15-12-18-14-7-3-2-6-13(14)15/h2-3,6-7,12,18H,4-5,8-11H2,1H3/b17-16+. The number of aromatic nitrogens is 1. The van der Waals surface area contributed by atoms with Gasteiger partial charge in [0.25, 0.3) is 0 Å². The highest BCUT2D eigenvalue weighted by Gasteiger charge is 2.11. The van der Waals surface area contributed by atoms with E-state index in [1.165, 1.54) is 34.5 Å². The maximum atomic E-state index is 4.76. The van der Waals surface area contributed by atoms with Gasteiger partial charge >= 0.3 is 0 Å². The summed E-state index contributed by atoms with van der Waals surface area (Å²) in [6, 6.07) is 8.46. The van der Waals surface area contributed by atoms with Gasteiger partial charge in [0.05, 0.1) is 12.4 Å². The lowest BCUT2D eigenvalue weighted by atomic mass is 10.1. The van der Waals surface area contributed by atoms with Gasteiger partial charge in [0.15, 0.2) is 0 Å². The molecule has 0 amide bonds. The van der Waals surface area contributed by atoms with Crippen molar-refractivity contribution < 1.29 is 0 Å². The number of aromatic amines is 1. The van der Waals surface area contributed by atoms with Crippen molar-refractivity contribution in [1.82, 2.24) is 9.88 Å². The van der Waals surface area contributed by atoms with Crippen molar-refractivity contribution in [3.8, 4) is 0 Å². The molecule has 2 aromatic rings. The van der Waals surface area contributed by atoms with Crippen molar-refractivity contribution in [2.75, 3.05) is 25.9 Å². The largest absolute Gasteiger partial charge is 0.363 e. The molecule has 0 saturated carbocycles. The number of benzene rings is 1. The number of fused-ring (bicyclic) bond motifs is 1. The Labute approximate surface area is 124 Å². The van der Waals surface area contributed by atoms with E-state index in [0.717, 1.165) is 25.3 Å². The van der Waals surface area contributed by atoms with Crippen molar-refractivity contribution >= 4 is 28.5 Å². The maximum absolute atomic E-state index is 4.76. The lowest BCUT2D eigenvalue weighted by Gasteiger charge is -2.26. The number of thioether (sulfide) groups is 1. The van der Waals surface area contributed by atoms with E-state index >= 15 is 0 Å². The molecule has 0 unspecified atom stereocenters. The molecule has 1 aliphatic heterocycles. The number of hydrogen-bond donors (Lipinski definition) is 1. The average Bonchev–Trinajstić information content (AvgIpc) is 2.89. The highest BCUT2D eigenvalue weighted by Crippen LogP contribution is 2.27. The molecule has 4 heteroatoms. The monoisotopic (exact) mass is 287 g/mol. The van der Waals surface area contributed by atoms with Gasteiger partial charge in [-0.25, -0.2) is 0 Å². The summed E-state index contributed by atoms with van der Waals surface area (Å²) in [5.74, 6) is 2.33. The first-order valence-electron chi connectivity index (χ1n) is 7.28. The second-order valence-corrected chi connectivity index (χ2v) is 6.36. The van der Waals surface area contributed by atoms with Gasteiger partial charge in [0.2, 0.25) is 0 Å². The molecule has 0 radical (unpaired) electrons. The molecule has 1 fully saturated rings. The molecule has 2 heterocycles. The van der Waals surface area contributed by atoms with E-state index in [-0.39, 0.29) is 0 Å². The van der Waals surface area contributed by atoms with Crippen LogP contribution in [0.25, 0.3) is 10.9 Å². The van der Waals surface area contributed by atoms with E-state index in [1.807, 2.05) is 11.8 Å². The Hall–Kier alpha value is -1.42. The van der Waals surface area contributed by atoms with Gasteiger partial charge in [0, 0.05) is 47.8 Å². The first-order chi connectivity index (χ1) is 9.84. The predicted molar refractivity (Wildman–Crippen MR) is 87.8 cm³/mol. The lowest BCUT2D eigenvalue weighted by molar-refractivity contribution is 0.432. The molecule has 0 bridgehead atoms. The fourth-order valence-corrected chi connectivity index (χ4v) is 3.52. The smallest absolute Gasteiger partial charge is 0.0986 e. The van der Waals surface area contributed by atoms with Gasteiger partial charge < -0.3 is 9.88 Å². The van der Waals surface area contributed by atoms with Crippen LogP contribution in [-0.4, -0.2) is 41.6 Å². The molecular formula is C16H21N3S. The summed E-state index contributed by atoms with van der Waals surface area (Å²) >= 11 is 1.89. The number of piperidine rings is 1. The molecule has 1 aromatic heterocycles. The summed E-state index contributed by atoms with van der Waals surface area (Å²) in [7, 11) is 2.16. The first-order valence-corrected chi connectivity index (χ1v) is 8.26. The molecule has 3 nitrogen and oxygen atoms in total. The Morgan fingerprint density at radius 1 is 1.30 bits per heavy atom. The van der Waals surface area contributed by atoms with E-state index in [4.69, 9.17) is 4.99 Å². The molecule has 1 aliphatic rings. The number of rotatable bonds is 4. The van der Waals surface area contributed by atoms with Crippen LogP contribution in [0.1, 0.15) is 19.3 Å². The quantitative estimate of drug-likeness (QED) is 0.685. The predicted octanol–water partition coefficient (Wildman–Crippen LogP) is 3.77. The van der Waals surface area contributed by atoms with Crippen LogP contribution in [0.4, 0.5) is 0 Å². The first kappa shape index (κ1) is 13.6. The molecular weight excluding hydrogens is 266 g/mol. The van der Waals surface area contributed by atoms with E-state index in [0.29, 0.717) is 0 Å². The highest BCUT2D eigenvalue weighted by atomic mass is 32.2. The number of nitrogens with zero attached hydrogens (tertiary/aromatic N) is 2. The Bertz CT molecular complexity index is 603. The molecule has 106 valence electrons. The number of para-hydroxylation sites is 1. The van der Waals surface area contributed by atoms with Crippen LogP contribution in [0, 0.1) is 0 Å². The van der Waals surface area contributed by atoms with Crippen LogP contribution >= 0.6 is 11.8 Å². The van der Waals surface area contributed by atoms with Crippen LogP contribution < -0.4 is 0 Å². The lowest BCUT2D eigenvalue weighted by Crippen LogP contribution is -2.31. The summed E-state index contributed by atoms with van der Waals surface area (Å²) < 4.78 is 0. The van der Waals surface area contributed by atoms with Crippen LogP contribution in [0.5, 0.6) is 0 Å². The maximum Gasteiger partial charge on any atom is 0.0986 e. The topological polar surface area (TPSA) is 31.4 Å². The summed E-state index contributed by atoms with van der Waals surface area (Å²) in [4.78, 5) is 11.7. The number of likely N-dealkylation sites (tertiary alicyclic amines) is 1. The molecule has 1 N–H and O–H groups in total. The van der Waals surface area contributed by atoms with Crippen molar-refractivity contribution in [1.29, 1.82) is 0 Å². The molecule has 0 atom stereocenters. The van der Waals surface area contributed by atoms with Crippen LogP contribution in [0.15, 0.2) is 40.4 Å². The van der Waals surface area contributed by atoms with E-state index < -0.39 is 0 Å². The number of H-pyrrole nitrogens is 1. The Kier molecular flexibility index (Phi) is 4.31. The number of hydrogen-bond acceptors (Lipinski definition) is 2. The van der Waals surface area contributed by atoms with Gasteiger partial charge in [0.1, 0.15) is 0 Å². The van der Waals surface area contributed by atoms with Crippen LogP contribution in [-0.2, 0) is 0 Å². The minimum absolute atomic E-state index is 0.907. The SMILES string of the molecule is CN1CCCC/C1=N\CCSc1c[nH]c2ccccc12. The third-order valence-corrected chi connectivity index (χ3v) is 4.81. The van der Waals surface area contributed by atoms with Gasteiger partial charge in [-0.2, -0.15) is 0 Å². The zero-order valence-electron chi connectivity index (χ0n) is 11.9. The summed E-state index contributed by atoms with van der Waals surface area (Å²) in [5, 5.41) is 1.32. The molecule has 1 saturated heterocycles. The van der Waals surface area contributed by atoms with Gasteiger partial charge in [-0.05, 0) is 18.9 Å². The minimum Gasteiger partial charge on any atom is -0.363 e. The molecule has 0 spiro atoms. The Balaban J connectivity index is 1.56. The number of nitrogens with one attached hydrogen (secondary N) is 1. The van der Waals surface area contributed by atoms with E-state index in [1.54, 1.807) is 0 Å². The van der Waals surface area contributed by atoms with E-state index in [9.17, 15) is 0 Å². The second kappa shape index (κ2) is 6.35. The fourth-order valence-electron chi connectivity index (χ4n) is 2.65. The van der Waals surface area contributed by atoms with Crippen LogP contribution in [0.2, 0.25) is 0 Å². The zero-order chi connectivity index (χ0) is 13.8. The normalized spacial score (nSPS) is 18.1. The van der Waals surface area contributed by atoms with Gasteiger partial charge in [-0.3, -0.25) is 4.99 Å². The third-order valence-electron chi connectivity index (χ3n) is 3.78. The molecule has 0 aliphatic carbocycles. The van der Waals surface area contributed by atoms with Gasteiger partial charge in [-0.1, -0.05) is 18.2 Å². The van der Waals surface area contributed by atoms with E-state index in [2.05, 4.69) is 47.4 Å². The molecule has 1 aromatic carbocycles. The van der Waals surface area contributed by atoms with Crippen molar-refractivity contribution in [2.45, 2.75) is 24.2 Å². The third kappa shape index (κ3) is 3.01. The van der Waals surface area contributed by atoms with Crippen molar-refractivity contribution in [3.63, 3.8) is 0 Å². The number of aliphatic imine (C=N–C) groups is 1. The van der Waals surface area contributed by atoms with Crippen molar-refractivity contribution in [3.05, 3.63) is 30.5 Å². The van der Waals surface area contributed by atoms with Crippen molar-refractivity contribution in [2.24, 2.45) is 4.99 Å². The fraction of sp³-hybridized carbons (Fsp3) is 0.438. The second-order valence-electron chi connectivity index (χ2n) is 5.22. The Morgan fingerprint density at radius 3 is 3.10 bits per heavy atom. The van der Waals surface area contributed by atoms with Gasteiger partial charge in [-0.15, -0.1) is 11.8 Å².